The highest BCUT2D eigenvalue weighted by molar-refractivity contribution is 5.54. The van der Waals surface area contributed by atoms with Gasteiger partial charge in [0.05, 0.1) is 11.8 Å². The molecule has 2 aromatic heterocycles. The molecule has 70 valence electrons. The SMILES string of the molecule is Cc1ccnc(-c2ccncc2F)n1. The van der Waals surface area contributed by atoms with E-state index in [9.17, 15) is 4.39 Å². The highest BCUT2D eigenvalue weighted by atomic mass is 19.1. The molecule has 0 aliphatic heterocycles. The second-order valence-electron chi connectivity index (χ2n) is 2.88. The van der Waals surface area contributed by atoms with Crippen LogP contribution in [0.2, 0.25) is 0 Å². The van der Waals surface area contributed by atoms with E-state index in [4.69, 9.17) is 0 Å². The molecular weight excluding hydrogens is 181 g/mol. The molecule has 4 heteroatoms. The Balaban J connectivity index is 2.55. The predicted molar refractivity (Wildman–Crippen MR) is 50.0 cm³/mol. The summed E-state index contributed by atoms with van der Waals surface area (Å²) in [4.78, 5) is 11.8. The van der Waals surface area contributed by atoms with E-state index in [1.807, 2.05) is 6.92 Å². The summed E-state index contributed by atoms with van der Waals surface area (Å²) in [6.45, 7) is 1.84. The highest BCUT2D eigenvalue weighted by Crippen LogP contribution is 2.16. The first-order valence-corrected chi connectivity index (χ1v) is 4.17. The van der Waals surface area contributed by atoms with Crippen molar-refractivity contribution in [2.75, 3.05) is 0 Å². The van der Waals surface area contributed by atoms with Crippen LogP contribution in [0.15, 0.2) is 30.7 Å². The molecule has 0 radical (unpaired) electrons. The van der Waals surface area contributed by atoms with E-state index >= 15 is 0 Å². The molecule has 0 saturated carbocycles. The van der Waals surface area contributed by atoms with Gasteiger partial charge in [-0.05, 0) is 19.1 Å². The van der Waals surface area contributed by atoms with Crippen LogP contribution in [0.1, 0.15) is 5.69 Å². The summed E-state index contributed by atoms with van der Waals surface area (Å²) >= 11 is 0. The van der Waals surface area contributed by atoms with Crippen LogP contribution in [-0.2, 0) is 0 Å². The minimum atomic E-state index is -0.405. The lowest BCUT2D eigenvalue weighted by molar-refractivity contribution is 0.623. The summed E-state index contributed by atoms with van der Waals surface area (Å²) in [6, 6.07) is 3.33. The Labute approximate surface area is 80.7 Å². The van der Waals surface area contributed by atoms with Crippen molar-refractivity contribution in [1.82, 2.24) is 15.0 Å². The van der Waals surface area contributed by atoms with Crippen molar-refractivity contribution < 1.29 is 4.39 Å². The van der Waals surface area contributed by atoms with E-state index in [0.717, 1.165) is 11.9 Å². The number of nitrogens with zero attached hydrogens (tertiary/aromatic N) is 3. The van der Waals surface area contributed by atoms with Gasteiger partial charge in [-0.15, -0.1) is 0 Å². The smallest absolute Gasteiger partial charge is 0.162 e. The Morgan fingerprint density at radius 3 is 2.79 bits per heavy atom. The van der Waals surface area contributed by atoms with E-state index < -0.39 is 5.82 Å². The Morgan fingerprint density at radius 2 is 2.07 bits per heavy atom. The van der Waals surface area contributed by atoms with Crippen LogP contribution in [0, 0.1) is 12.7 Å². The molecule has 2 heterocycles. The van der Waals surface area contributed by atoms with Gasteiger partial charge in [0.25, 0.3) is 0 Å². The van der Waals surface area contributed by atoms with Crippen LogP contribution in [0.25, 0.3) is 11.4 Å². The number of aromatic nitrogens is 3. The van der Waals surface area contributed by atoms with Crippen molar-refractivity contribution in [3.8, 4) is 11.4 Å². The largest absolute Gasteiger partial charge is 0.262 e. The zero-order valence-electron chi connectivity index (χ0n) is 7.61. The molecule has 0 aliphatic rings. The van der Waals surface area contributed by atoms with Gasteiger partial charge in [0.15, 0.2) is 11.6 Å². The second kappa shape index (κ2) is 3.49. The van der Waals surface area contributed by atoms with Crippen molar-refractivity contribution in [3.63, 3.8) is 0 Å². The Bertz CT molecular complexity index is 457. The first-order chi connectivity index (χ1) is 6.77. The third kappa shape index (κ3) is 1.59. The molecule has 0 fully saturated rings. The van der Waals surface area contributed by atoms with Gasteiger partial charge >= 0.3 is 0 Å². The van der Waals surface area contributed by atoms with Gasteiger partial charge in [-0.2, -0.15) is 0 Å². The molecule has 0 aliphatic carbocycles. The molecule has 2 aromatic rings. The van der Waals surface area contributed by atoms with Crippen LogP contribution in [-0.4, -0.2) is 15.0 Å². The first kappa shape index (κ1) is 8.74. The summed E-state index contributed by atoms with van der Waals surface area (Å²) < 4.78 is 13.3. The summed E-state index contributed by atoms with van der Waals surface area (Å²) in [7, 11) is 0. The fraction of sp³-hybridized carbons (Fsp3) is 0.100. The fourth-order valence-corrected chi connectivity index (χ4v) is 1.14. The average Bonchev–Trinajstić information content (AvgIpc) is 2.18. The lowest BCUT2D eigenvalue weighted by Crippen LogP contribution is -1.93. The van der Waals surface area contributed by atoms with Crippen molar-refractivity contribution in [2.24, 2.45) is 0 Å². The van der Waals surface area contributed by atoms with E-state index in [2.05, 4.69) is 15.0 Å². The maximum absolute atomic E-state index is 13.3. The Morgan fingerprint density at radius 1 is 1.21 bits per heavy atom. The first-order valence-electron chi connectivity index (χ1n) is 4.17. The third-order valence-corrected chi connectivity index (χ3v) is 1.81. The third-order valence-electron chi connectivity index (χ3n) is 1.81. The number of hydrogen-bond donors (Lipinski definition) is 0. The predicted octanol–water partition coefficient (Wildman–Crippen LogP) is 1.99. The summed E-state index contributed by atoms with van der Waals surface area (Å²) in [6.07, 6.45) is 4.28. The molecule has 3 nitrogen and oxygen atoms in total. The molecule has 0 saturated heterocycles. The van der Waals surface area contributed by atoms with E-state index in [1.54, 1.807) is 18.3 Å². The molecule has 2 rings (SSSR count). The molecule has 0 aromatic carbocycles. The molecule has 0 atom stereocenters. The van der Waals surface area contributed by atoms with Gasteiger partial charge in [-0.25, -0.2) is 14.4 Å². The van der Waals surface area contributed by atoms with Crippen molar-refractivity contribution >= 4 is 0 Å². The average molecular weight is 189 g/mol. The van der Waals surface area contributed by atoms with Crippen LogP contribution >= 0.6 is 0 Å². The molecule has 0 spiro atoms. The molecule has 14 heavy (non-hydrogen) atoms. The minimum absolute atomic E-state index is 0.378. The van der Waals surface area contributed by atoms with Gasteiger partial charge in [0.2, 0.25) is 0 Å². The lowest BCUT2D eigenvalue weighted by Gasteiger charge is -2.00. The maximum atomic E-state index is 13.3. The monoisotopic (exact) mass is 189 g/mol. The Kier molecular flexibility index (Phi) is 2.18. The zero-order valence-corrected chi connectivity index (χ0v) is 7.61. The van der Waals surface area contributed by atoms with Gasteiger partial charge in [-0.1, -0.05) is 0 Å². The number of rotatable bonds is 1. The molecule has 0 bridgehead atoms. The number of hydrogen-bond acceptors (Lipinski definition) is 3. The lowest BCUT2D eigenvalue weighted by atomic mass is 10.2. The topological polar surface area (TPSA) is 38.7 Å². The zero-order chi connectivity index (χ0) is 9.97. The number of halogens is 1. The summed E-state index contributed by atoms with van der Waals surface area (Å²) in [5.41, 5.74) is 1.19. The van der Waals surface area contributed by atoms with Crippen LogP contribution in [0.3, 0.4) is 0 Å². The molecule has 0 N–H and O–H groups in total. The number of aryl methyl sites for hydroxylation is 1. The molecular formula is C10H8FN3. The van der Waals surface area contributed by atoms with Gasteiger partial charge in [-0.3, -0.25) is 4.98 Å². The highest BCUT2D eigenvalue weighted by Gasteiger charge is 2.06. The normalized spacial score (nSPS) is 10.1. The van der Waals surface area contributed by atoms with E-state index in [1.165, 1.54) is 6.20 Å². The van der Waals surface area contributed by atoms with Crippen molar-refractivity contribution in [3.05, 3.63) is 42.2 Å². The molecule has 0 amide bonds. The Hall–Kier alpha value is -1.84. The van der Waals surface area contributed by atoms with Crippen LogP contribution in [0.5, 0.6) is 0 Å². The summed E-state index contributed by atoms with van der Waals surface area (Å²) in [5.74, 6) is -0.0111. The standard InChI is InChI=1S/C10H8FN3/c1-7-2-5-13-10(14-7)8-3-4-12-6-9(8)11/h2-6H,1H3. The fourth-order valence-electron chi connectivity index (χ4n) is 1.14. The van der Waals surface area contributed by atoms with E-state index in [-0.39, 0.29) is 0 Å². The van der Waals surface area contributed by atoms with Crippen molar-refractivity contribution in [2.45, 2.75) is 6.92 Å². The van der Waals surface area contributed by atoms with Gasteiger partial charge < -0.3 is 0 Å². The second-order valence-corrected chi connectivity index (χ2v) is 2.88. The van der Waals surface area contributed by atoms with Crippen LogP contribution in [0.4, 0.5) is 4.39 Å². The van der Waals surface area contributed by atoms with Gasteiger partial charge in [0.1, 0.15) is 0 Å². The number of pyridine rings is 1. The maximum Gasteiger partial charge on any atom is 0.162 e. The van der Waals surface area contributed by atoms with Crippen LogP contribution < -0.4 is 0 Å². The quantitative estimate of drug-likeness (QED) is 0.688. The van der Waals surface area contributed by atoms with E-state index in [0.29, 0.717) is 11.4 Å². The minimum Gasteiger partial charge on any atom is -0.262 e. The van der Waals surface area contributed by atoms with Crippen molar-refractivity contribution in [1.29, 1.82) is 0 Å². The van der Waals surface area contributed by atoms with Gasteiger partial charge in [0, 0.05) is 18.1 Å². The molecule has 0 unspecified atom stereocenters. The summed E-state index contributed by atoms with van der Waals surface area (Å²) in [5, 5.41) is 0.